The van der Waals surface area contributed by atoms with E-state index in [-0.39, 0.29) is 0 Å². The van der Waals surface area contributed by atoms with E-state index in [1.165, 1.54) is 25.7 Å². The topological polar surface area (TPSA) is 9.23 Å². The summed E-state index contributed by atoms with van der Waals surface area (Å²) < 4.78 is 6.37. The molecule has 0 aromatic heterocycles. The molecular formula is C15H26OSi. The van der Waals surface area contributed by atoms with E-state index in [0.29, 0.717) is 12.0 Å². The van der Waals surface area contributed by atoms with Gasteiger partial charge in [0.25, 0.3) is 0 Å². The summed E-state index contributed by atoms with van der Waals surface area (Å²) in [6, 6.07) is 0. The fraction of sp³-hybridized carbons (Fsp3) is 0.733. The molecule has 0 amide bonds. The summed E-state index contributed by atoms with van der Waals surface area (Å²) in [7, 11) is -1.40. The fourth-order valence-electron chi connectivity index (χ4n) is 3.18. The lowest BCUT2D eigenvalue weighted by molar-refractivity contribution is 0.164. The maximum atomic E-state index is 6.37. The van der Waals surface area contributed by atoms with E-state index < -0.39 is 8.32 Å². The molecule has 17 heavy (non-hydrogen) atoms. The molecule has 2 heteroatoms. The molecule has 1 nitrogen and oxygen atoms in total. The first kappa shape index (κ1) is 13.1. The predicted octanol–water partition coefficient (Wildman–Crippen LogP) is 4.53. The molecule has 2 rings (SSSR count). The summed E-state index contributed by atoms with van der Waals surface area (Å²) >= 11 is 0. The lowest BCUT2D eigenvalue weighted by Crippen LogP contribution is -2.34. The van der Waals surface area contributed by atoms with Crippen LogP contribution < -0.4 is 0 Å². The highest BCUT2D eigenvalue weighted by Gasteiger charge is 2.38. The van der Waals surface area contributed by atoms with Crippen LogP contribution in [0.3, 0.4) is 0 Å². The van der Waals surface area contributed by atoms with E-state index in [9.17, 15) is 0 Å². The molecule has 0 aromatic rings. The molecular weight excluding hydrogens is 224 g/mol. The highest BCUT2D eigenvalue weighted by atomic mass is 28.4. The molecule has 0 aliphatic heterocycles. The number of hydrogen-bond acceptors (Lipinski definition) is 1. The van der Waals surface area contributed by atoms with Crippen molar-refractivity contribution in [2.24, 2.45) is 11.8 Å². The smallest absolute Gasteiger partial charge is 0.184 e. The lowest BCUT2D eigenvalue weighted by Gasteiger charge is -2.29. The quantitative estimate of drug-likeness (QED) is 0.517. The van der Waals surface area contributed by atoms with Crippen LogP contribution in [0.25, 0.3) is 0 Å². The third kappa shape index (κ3) is 3.32. The third-order valence-corrected chi connectivity index (χ3v) is 4.91. The van der Waals surface area contributed by atoms with Crippen LogP contribution in [-0.4, -0.2) is 14.4 Å². The lowest BCUT2D eigenvalue weighted by atomic mass is 9.86. The SMILES string of the molecule is C/C1=C/CC/C=C\[C@@H]2[C@@H](O[Si](C)(C)C)CC[C@H]12. The first-order valence-corrected chi connectivity index (χ1v) is 10.4. The minimum Gasteiger partial charge on any atom is -0.414 e. The molecule has 0 aromatic carbocycles. The Balaban J connectivity index is 2.13. The second-order valence-electron chi connectivity index (χ2n) is 6.48. The predicted molar refractivity (Wildman–Crippen MR) is 76.6 cm³/mol. The van der Waals surface area contributed by atoms with Crippen molar-refractivity contribution in [3.05, 3.63) is 23.8 Å². The molecule has 1 fully saturated rings. The minimum atomic E-state index is -1.40. The van der Waals surface area contributed by atoms with Crippen molar-refractivity contribution in [2.75, 3.05) is 0 Å². The number of allylic oxidation sites excluding steroid dienone is 3. The molecule has 0 spiro atoms. The Kier molecular flexibility index (Phi) is 3.94. The molecule has 0 saturated heterocycles. The van der Waals surface area contributed by atoms with Gasteiger partial charge in [0.05, 0.1) is 6.10 Å². The van der Waals surface area contributed by atoms with Gasteiger partial charge in [-0.2, -0.15) is 0 Å². The average molecular weight is 250 g/mol. The van der Waals surface area contributed by atoms with Crippen LogP contribution in [-0.2, 0) is 4.43 Å². The number of rotatable bonds is 2. The maximum Gasteiger partial charge on any atom is 0.184 e. The van der Waals surface area contributed by atoms with E-state index in [1.54, 1.807) is 5.57 Å². The van der Waals surface area contributed by atoms with Gasteiger partial charge < -0.3 is 4.43 Å². The van der Waals surface area contributed by atoms with Crippen molar-refractivity contribution in [2.45, 2.75) is 58.4 Å². The zero-order valence-corrected chi connectivity index (χ0v) is 12.7. The zero-order valence-electron chi connectivity index (χ0n) is 11.7. The van der Waals surface area contributed by atoms with Gasteiger partial charge in [0.15, 0.2) is 8.32 Å². The number of fused-ring (bicyclic) bond motifs is 1. The van der Waals surface area contributed by atoms with Crippen molar-refractivity contribution < 1.29 is 4.43 Å². The van der Waals surface area contributed by atoms with Crippen molar-refractivity contribution in [3.8, 4) is 0 Å². The first-order chi connectivity index (χ1) is 7.97. The summed E-state index contributed by atoms with van der Waals surface area (Å²) in [4.78, 5) is 0. The Bertz CT molecular complexity index is 324. The maximum absolute atomic E-state index is 6.37. The van der Waals surface area contributed by atoms with Gasteiger partial charge in [-0.25, -0.2) is 0 Å². The summed E-state index contributed by atoms with van der Waals surface area (Å²) in [5.41, 5.74) is 1.60. The number of hydrogen-bond donors (Lipinski definition) is 0. The van der Waals surface area contributed by atoms with Crippen LogP contribution in [0.5, 0.6) is 0 Å². The highest BCUT2D eigenvalue weighted by molar-refractivity contribution is 6.69. The van der Waals surface area contributed by atoms with Crippen LogP contribution in [0.1, 0.15) is 32.6 Å². The third-order valence-electron chi connectivity index (χ3n) is 3.90. The van der Waals surface area contributed by atoms with E-state index in [0.717, 1.165) is 5.92 Å². The minimum absolute atomic E-state index is 0.476. The molecule has 0 N–H and O–H groups in total. The van der Waals surface area contributed by atoms with Gasteiger partial charge in [-0.05, 0) is 58.2 Å². The molecule has 1 saturated carbocycles. The Labute approximate surface area is 107 Å². The molecule has 3 atom stereocenters. The molecule has 0 unspecified atom stereocenters. The van der Waals surface area contributed by atoms with E-state index in [1.807, 2.05) is 0 Å². The molecule has 2 aliphatic carbocycles. The van der Waals surface area contributed by atoms with Crippen molar-refractivity contribution >= 4 is 8.32 Å². The van der Waals surface area contributed by atoms with Crippen molar-refractivity contribution in [1.29, 1.82) is 0 Å². The summed E-state index contributed by atoms with van der Waals surface area (Å²) in [5.74, 6) is 1.38. The summed E-state index contributed by atoms with van der Waals surface area (Å²) in [5, 5.41) is 0. The standard InChI is InChI=1S/C15H26OSi/c1-12-8-6-5-7-9-14-13(12)10-11-15(14)16-17(2,3)4/h7-9,13-15H,5-6,10-11H2,1-4H3/b9-7-,12-8-/t13-,14+,15+/m1/s1. The van der Waals surface area contributed by atoms with Gasteiger partial charge in [0.2, 0.25) is 0 Å². The fourth-order valence-corrected chi connectivity index (χ4v) is 4.36. The molecule has 2 aliphatic rings. The van der Waals surface area contributed by atoms with Gasteiger partial charge in [-0.1, -0.05) is 23.8 Å². The van der Waals surface area contributed by atoms with Crippen LogP contribution in [0.4, 0.5) is 0 Å². The van der Waals surface area contributed by atoms with Crippen molar-refractivity contribution in [1.82, 2.24) is 0 Å². The van der Waals surface area contributed by atoms with Gasteiger partial charge in [0.1, 0.15) is 0 Å². The van der Waals surface area contributed by atoms with Gasteiger partial charge >= 0.3 is 0 Å². The van der Waals surface area contributed by atoms with Gasteiger partial charge in [0, 0.05) is 5.92 Å². The van der Waals surface area contributed by atoms with E-state index >= 15 is 0 Å². The Morgan fingerprint density at radius 2 is 1.94 bits per heavy atom. The largest absolute Gasteiger partial charge is 0.414 e. The highest BCUT2D eigenvalue weighted by Crippen LogP contribution is 2.41. The van der Waals surface area contributed by atoms with Gasteiger partial charge in [-0.15, -0.1) is 0 Å². The molecule has 96 valence electrons. The zero-order chi connectivity index (χ0) is 12.5. The Hall–Kier alpha value is -0.343. The van der Waals surface area contributed by atoms with Crippen LogP contribution in [0.2, 0.25) is 19.6 Å². The first-order valence-electron chi connectivity index (χ1n) is 6.98. The second kappa shape index (κ2) is 5.11. The van der Waals surface area contributed by atoms with Gasteiger partial charge in [-0.3, -0.25) is 0 Å². The summed E-state index contributed by atoms with van der Waals surface area (Å²) in [6.07, 6.45) is 12.7. The van der Waals surface area contributed by atoms with Crippen LogP contribution >= 0.6 is 0 Å². The van der Waals surface area contributed by atoms with Crippen LogP contribution in [0.15, 0.2) is 23.8 Å². The monoisotopic (exact) mass is 250 g/mol. The Morgan fingerprint density at radius 3 is 2.65 bits per heavy atom. The van der Waals surface area contributed by atoms with Crippen LogP contribution in [0, 0.1) is 11.8 Å². The van der Waals surface area contributed by atoms with E-state index in [2.05, 4.69) is 44.8 Å². The second-order valence-corrected chi connectivity index (χ2v) is 10.9. The van der Waals surface area contributed by atoms with E-state index in [4.69, 9.17) is 4.43 Å². The van der Waals surface area contributed by atoms with Crippen molar-refractivity contribution in [3.63, 3.8) is 0 Å². The normalized spacial score (nSPS) is 38.8. The molecule has 0 radical (unpaired) electrons. The molecule has 0 bridgehead atoms. The average Bonchev–Trinajstić information content (AvgIpc) is 2.54. The Morgan fingerprint density at radius 1 is 1.18 bits per heavy atom. The summed E-state index contributed by atoms with van der Waals surface area (Å²) in [6.45, 7) is 9.22. The molecule has 0 heterocycles.